The maximum atomic E-state index is 12.7. The number of sulfonamides is 1. The van der Waals surface area contributed by atoms with Crippen molar-refractivity contribution in [3.63, 3.8) is 0 Å². The van der Waals surface area contributed by atoms with E-state index in [0.717, 1.165) is 12.8 Å². The number of rotatable bonds is 5. The average molecular weight is 445 g/mol. The molecule has 2 aromatic rings. The summed E-state index contributed by atoms with van der Waals surface area (Å²) < 4.78 is 31.8. The van der Waals surface area contributed by atoms with Crippen LogP contribution >= 0.6 is 23.2 Å². The van der Waals surface area contributed by atoms with E-state index in [1.807, 2.05) is 0 Å². The lowest BCUT2D eigenvalue weighted by Crippen LogP contribution is -2.28. The molecule has 0 saturated carbocycles. The first-order valence-electron chi connectivity index (χ1n) is 8.41. The highest BCUT2D eigenvalue weighted by Crippen LogP contribution is 2.35. The zero-order valence-electron chi connectivity index (χ0n) is 14.9. The molecule has 0 unspecified atom stereocenters. The molecule has 28 heavy (non-hydrogen) atoms. The molecule has 1 aliphatic rings. The zero-order valence-corrected chi connectivity index (χ0v) is 17.2. The van der Waals surface area contributed by atoms with E-state index in [4.69, 9.17) is 27.9 Å². The van der Waals surface area contributed by atoms with Crippen molar-refractivity contribution in [1.29, 1.82) is 0 Å². The van der Waals surface area contributed by atoms with Crippen LogP contribution in [-0.2, 0) is 10.0 Å². The third-order valence-electron chi connectivity index (χ3n) is 4.38. The number of halogens is 2. The van der Waals surface area contributed by atoms with Crippen LogP contribution < -0.4 is 10.1 Å². The smallest absolute Gasteiger partial charge is 0.255 e. The SMILES string of the molecule is COc1c(Cl)cc(C(=O)Nc2cc(S(=O)(=O)N3CCCC3)ccc2O)cc1Cl. The van der Waals surface area contributed by atoms with Crippen LogP contribution in [0, 0.1) is 0 Å². The van der Waals surface area contributed by atoms with Gasteiger partial charge in [0.25, 0.3) is 5.91 Å². The Morgan fingerprint density at radius 2 is 1.75 bits per heavy atom. The normalized spacial score (nSPS) is 14.8. The molecule has 0 bridgehead atoms. The zero-order chi connectivity index (χ0) is 20.5. The molecular formula is C18H18Cl2N2O5S. The third-order valence-corrected chi connectivity index (χ3v) is 6.84. The second-order valence-electron chi connectivity index (χ2n) is 6.22. The predicted molar refractivity (Wildman–Crippen MR) is 107 cm³/mol. The van der Waals surface area contributed by atoms with Crippen LogP contribution in [0.25, 0.3) is 0 Å². The minimum absolute atomic E-state index is 0.00621. The van der Waals surface area contributed by atoms with E-state index < -0.39 is 15.9 Å². The molecule has 0 spiro atoms. The van der Waals surface area contributed by atoms with Gasteiger partial charge in [-0.3, -0.25) is 4.79 Å². The predicted octanol–water partition coefficient (Wildman–Crippen LogP) is 3.74. The molecular weight excluding hydrogens is 427 g/mol. The summed E-state index contributed by atoms with van der Waals surface area (Å²) in [5.41, 5.74) is 0.0938. The van der Waals surface area contributed by atoms with Crippen LogP contribution in [0.15, 0.2) is 35.2 Å². The Kier molecular flexibility index (Phi) is 6.04. The molecule has 7 nitrogen and oxygen atoms in total. The van der Waals surface area contributed by atoms with Crippen LogP contribution in [0.2, 0.25) is 10.0 Å². The highest BCUT2D eigenvalue weighted by Gasteiger charge is 2.28. The Morgan fingerprint density at radius 1 is 1.14 bits per heavy atom. The standard InChI is InChI=1S/C18H18Cl2N2O5S/c1-27-17-13(19)8-11(9-14(17)20)18(24)21-15-10-12(4-5-16(15)23)28(25,26)22-6-2-3-7-22/h4-5,8-10,23H,2-3,6-7H2,1H3,(H,21,24). The van der Waals surface area contributed by atoms with Crippen LogP contribution in [-0.4, -0.2) is 43.9 Å². The van der Waals surface area contributed by atoms with Crippen molar-refractivity contribution >= 4 is 44.8 Å². The number of amides is 1. The van der Waals surface area contributed by atoms with Crippen molar-refractivity contribution in [2.75, 3.05) is 25.5 Å². The fourth-order valence-corrected chi connectivity index (χ4v) is 5.12. The molecule has 10 heteroatoms. The first kappa shape index (κ1) is 20.7. The number of nitrogens with one attached hydrogen (secondary N) is 1. The molecule has 0 aromatic heterocycles. The number of carbonyl (C=O) groups excluding carboxylic acids is 1. The maximum Gasteiger partial charge on any atom is 0.255 e. The molecule has 1 fully saturated rings. The van der Waals surface area contributed by atoms with Crippen LogP contribution in [0.5, 0.6) is 11.5 Å². The van der Waals surface area contributed by atoms with E-state index in [9.17, 15) is 18.3 Å². The van der Waals surface area contributed by atoms with Gasteiger partial charge in [0.05, 0.1) is 27.7 Å². The second kappa shape index (κ2) is 8.16. The number of phenols is 1. The molecule has 1 saturated heterocycles. The highest BCUT2D eigenvalue weighted by atomic mass is 35.5. The lowest BCUT2D eigenvalue weighted by atomic mass is 10.2. The molecule has 1 amide bonds. The van der Waals surface area contributed by atoms with Gasteiger partial charge in [0.15, 0.2) is 5.75 Å². The Labute approximate surface area is 172 Å². The Balaban J connectivity index is 1.89. The van der Waals surface area contributed by atoms with Crippen LogP contribution in [0.4, 0.5) is 5.69 Å². The van der Waals surface area contributed by atoms with Gasteiger partial charge in [-0.15, -0.1) is 0 Å². The Hall–Kier alpha value is -2.00. The summed E-state index contributed by atoms with van der Waals surface area (Å²) in [5, 5.41) is 12.8. The maximum absolute atomic E-state index is 12.7. The lowest BCUT2D eigenvalue weighted by Gasteiger charge is -2.17. The van der Waals surface area contributed by atoms with Crippen molar-refractivity contribution in [3.8, 4) is 11.5 Å². The summed E-state index contributed by atoms with van der Waals surface area (Å²) in [4.78, 5) is 12.5. The van der Waals surface area contributed by atoms with E-state index >= 15 is 0 Å². The van der Waals surface area contributed by atoms with Gasteiger partial charge in [-0.1, -0.05) is 23.2 Å². The van der Waals surface area contributed by atoms with Gasteiger partial charge in [0.1, 0.15) is 5.75 Å². The summed E-state index contributed by atoms with van der Waals surface area (Å²) >= 11 is 12.1. The average Bonchev–Trinajstić information content (AvgIpc) is 3.18. The molecule has 150 valence electrons. The minimum atomic E-state index is -3.69. The van der Waals surface area contributed by atoms with Crippen molar-refractivity contribution < 1.29 is 23.1 Å². The van der Waals surface area contributed by atoms with E-state index in [1.54, 1.807) is 0 Å². The van der Waals surface area contributed by atoms with Gasteiger partial charge in [0.2, 0.25) is 10.0 Å². The second-order valence-corrected chi connectivity index (χ2v) is 8.97. The third kappa shape index (κ3) is 4.05. The number of ether oxygens (including phenoxy) is 1. The summed E-state index contributed by atoms with van der Waals surface area (Å²) in [6, 6.07) is 6.49. The number of carbonyl (C=O) groups is 1. The van der Waals surface area contributed by atoms with Crippen molar-refractivity contribution in [2.24, 2.45) is 0 Å². The fraction of sp³-hybridized carbons (Fsp3) is 0.278. The number of aromatic hydroxyl groups is 1. The number of phenolic OH excluding ortho intramolecular Hbond substituents is 1. The minimum Gasteiger partial charge on any atom is -0.506 e. The van der Waals surface area contributed by atoms with Gasteiger partial charge in [-0.2, -0.15) is 4.31 Å². The molecule has 1 aliphatic heterocycles. The summed E-state index contributed by atoms with van der Waals surface area (Å²) in [6.07, 6.45) is 1.61. The fourth-order valence-electron chi connectivity index (χ4n) is 2.93. The van der Waals surface area contributed by atoms with Crippen LogP contribution in [0.3, 0.4) is 0 Å². The number of methoxy groups -OCH3 is 1. The summed E-state index contributed by atoms with van der Waals surface area (Å²) in [6.45, 7) is 0.904. The lowest BCUT2D eigenvalue weighted by molar-refractivity contribution is 0.102. The van der Waals surface area contributed by atoms with E-state index in [2.05, 4.69) is 5.32 Å². The van der Waals surface area contributed by atoms with Gasteiger partial charge in [-0.05, 0) is 43.2 Å². The molecule has 0 radical (unpaired) electrons. The van der Waals surface area contributed by atoms with Crippen LogP contribution in [0.1, 0.15) is 23.2 Å². The van der Waals surface area contributed by atoms with E-state index in [-0.39, 0.29) is 37.7 Å². The molecule has 0 atom stereocenters. The monoisotopic (exact) mass is 444 g/mol. The van der Waals surface area contributed by atoms with Gasteiger partial charge in [-0.25, -0.2) is 8.42 Å². The van der Waals surface area contributed by atoms with Crippen molar-refractivity contribution in [3.05, 3.63) is 45.9 Å². The quantitative estimate of drug-likeness (QED) is 0.684. The number of hydrogen-bond acceptors (Lipinski definition) is 5. The van der Waals surface area contributed by atoms with Gasteiger partial charge in [0, 0.05) is 18.7 Å². The first-order chi connectivity index (χ1) is 13.2. The van der Waals surface area contributed by atoms with Crippen molar-refractivity contribution in [2.45, 2.75) is 17.7 Å². The molecule has 3 rings (SSSR count). The Morgan fingerprint density at radius 3 is 2.32 bits per heavy atom. The largest absolute Gasteiger partial charge is 0.506 e. The molecule has 1 heterocycles. The molecule has 2 N–H and O–H groups in total. The van der Waals surface area contributed by atoms with Gasteiger partial charge >= 0.3 is 0 Å². The first-order valence-corrected chi connectivity index (χ1v) is 10.6. The van der Waals surface area contributed by atoms with E-state index in [1.165, 1.54) is 41.7 Å². The Bertz CT molecular complexity index is 998. The number of benzene rings is 2. The van der Waals surface area contributed by atoms with Gasteiger partial charge < -0.3 is 15.2 Å². The molecule has 0 aliphatic carbocycles. The summed E-state index contributed by atoms with van der Waals surface area (Å²) in [5.74, 6) is -0.640. The topological polar surface area (TPSA) is 95.9 Å². The number of nitrogens with zero attached hydrogens (tertiary/aromatic N) is 1. The highest BCUT2D eigenvalue weighted by molar-refractivity contribution is 7.89. The van der Waals surface area contributed by atoms with E-state index in [0.29, 0.717) is 13.1 Å². The van der Waals surface area contributed by atoms with Crippen molar-refractivity contribution in [1.82, 2.24) is 4.31 Å². The summed E-state index contributed by atoms with van der Waals surface area (Å²) in [7, 11) is -2.29. The number of anilines is 1. The molecule has 2 aromatic carbocycles. The number of hydrogen-bond donors (Lipinski definition) is 2.